The van der Waals surface area contributed by atoms with E-state index in [4.69, 9.17) is 9.97 Å². The lowest BCUT2D eigenvalue weighted by Gasteiger charge is -2.35. The molecule has 0 radical (unpaired) electrons. The second-order valence-corrected chi connectivity index (χ2v) is 12.6. The number of hydrogen-bond donors (Lipinski definition) is 0. The highest BCUT2D eigenvalue weighted by Gasteiger charge is 2.47. The van der Waals surface area contributed by atoms with Gasteiger partial charge in [-0.2, -0.15) is 0 Å². The van der Waals surface area contributed by atoms with Gasteiger partial charge in [-0.15, -0.1) is 0 Å². The average Bonchev–Trinajstić information content (AvgIpc) is 3.00. The summed E-state index contributed by atoms with van der Waals surface area (Å²) in [5, 5.41) is 4.70. The van der Waals surface area contributed by atoms with E-state index < -0.39 is 8.07 Å². The van der Waals surface area contributed by atoms with Crippen molar-refractivity contribution >= 4 is 29.1 Å². The molecule has 0 spiro atoms. The first-order chi connectivity index (χ1) is 18.4. The molecule has 4 aromatic carbocycles. The van der Waals surface area contributed by atoms with Crippen LogP contribution in [0, 0.1) is 0 Å². The predicted molar refractivity (Wildman–Crippen MR) is 157 cm³/mol. The SMILES string of the molecule is c1ccc(-c2cccnc2[Si](c2ccccc2)(c2ccccc2)c2ncccc2-c2ccccc2)cc1. The Labute approximate surface area is 219 Å². The van der Waals surface area contributed by atoms with Gasteiger partial charge in [-0.25, -0.2) is 0 Å². The fourth-order valence-electron chi connectivity index (χ4n) is 5.31. The molecule has 0 fully saturated rings. The average molecular weight is 491 g/mol. The normalized spacial score (nSPS) is 11.2. The topological polar surface area (TPSA) is 25.8 Å². The highest BCUT2D eigenvalue weighted by Crippen LogP contribution is 2.23. The van der Waals surface area contributed by atoms with Crippen molar-refractivity contribution < 1.29 is 0 Å². The second-order valence-electron chi connectivity index (χ2n) is 9.01. The van der Waals surface area contributed by atoms with Crippen LogP contribution in [0.4, 0.5) is 0 Å². The summed E-state index contributed by atoms with van der Waals surface area (Å²) in [6, 6.07) is 51.4. The predicted octanol–water partition coefficient (Wildman–Crippen LogP) is 5.19. The third-order valence-electron chi connectivity index (χ3n) is 6.91. The number of pyridine rings is 2. The molecule has 2 heterocycles. The Morgan fingerprint density at radius 3 is 1.08 bits per heavy atom. The van der Waals surface area contributed by atoms with Crippen LogP contribution >= 0.6 is 0 Å². The maximum atomic E-state index is 5.21. The number of aromatic nitrogens is 2. The summed E-state index contributed by atoms with van der Waals surface area (Å²) in [6.07, 6.45) is 3.86. The lowest BCUT2D eigenvalue weighted by Crippen LogP contribution is -2.77. The van der Waals surface area contributed by atoms with Gasteiger partial charge in [0, 0.05) is 34.2 Å². The van der Waals surface area contributed by atoms with Gasteiger partial charge in [0.2, 0.25) is 8.07 Å². The zero-order chi connectivity index (χ0) is 24.9. The first kappa shape index (κ1) is 22.8. The third kappa shape index (κ3) is 4.10. The number of nitrogens with zero attached hydrogens (tertiary/aromatic N) is 2. The zero-order valence-corrected chi connectivity index (χ0v) is 21.4. The van der Waals surface area contributed by atoms with E-state index in [-0.39, 0.29) is 0 Å². The van der Waals surface area contributed by atoms with Gasteiger partial charge in [-0.3, -0.25) is 9.97 Å². The summed E-state index contributed by atoms with van der Waals surface area (Å²) in [6.45, 7) is 0. The van der Waals surface area contributed by atoms with Crippen molar-refractivity contribution in [1.29, 1.82) is 0 Å². The number of benzene rings is 4. The molecule has 0 aliphatic rings. The fourth-order valence-corrected chi connectivity index (χ4v) is 10.1. The molecule has 176 valence electrons. The molecular formula is C34H26N2Si. The standard InChI is InChI=1S/C34H26N2Si/c1-5-15-27(16-6-1)31-23-13-25-35-33(31)37(29-19-9-3-10-20-29,30-21-11-4-12-22-30)34-32(24-14-26-36-34)28-17-7-2-8-18-28/h1-26H. The van der Waals surface area contributed by atoms with E-state index in [1.165, 1.54) is 10.4 Å². The van der Waals surface area contributed by atoms with Crippen LogP contribution in [0.2, 0.25) is 0 Å². The molecule has 0 aliphatic carbocycles. The van der Waals surface area contributed by atoms with E-state index >= 15 is 0 Å². The van der Waals surface area contributed by atoms with Crippen molar-refractivity contribution in [1.82, 2.24) is 9.97 Å². The van der Waals surface area contributed by atoms with Crippen LogP contribution in [0.1, 0.15) is 0 Å². The van der Waals surface area contributed by atoms with Crippen LogP contribution in [0.15, 0.2) is 158 Å². The maximum Gasteiger partial charge on any atom is 0.224 e. The Balaban J connectivity index is 1.80. The maximum absolute atomic E-state index is 5.21. The summed E-state index contributed by atoms with van der Waals surface area (Å²) in [4.78, 5) is 10.4. The van der Waals surface area contributed by atoms with Crippen LogP contribution in [-0.4, -0.2) is 18.0 Å². The molecule has 3 heteroatoms. The number of rotatable bonds is 6. The molecule has 2 nitrogen and oxygen atoms in total. The Morgan fingerprint density at radius 2 is 0.703 bits per heavy atom. The quantitative estimate of drug-likeness (QED) is 0.300. The van der Waals surface area contributed by atoms with Gasteiger partial charge in [0.25, 0.3) is 0 Å². The molecule has 0 saturated heterocycles. The number of hydrogen-bond acceptors (Lipinski definition) is 2. The van der Waals surface area contributed by atoms with Gasteiger partial charge in [-0.05, 0) is 33.6 Å². The molecule has 37 heavy (non-hydrogen) atoms. The smallest absolute Gasteiger partial charge is 0.224 e. The highest BCUT2D eigenvalue weighted by atomic mass is 28.3. The summed E-state index contributed by atoms with van der Waals surface area (Å²) < 4.78 is 0. The van der Waals surface area contributed by atoms with Gasteiger partial charge in [0.05, 0.1) is 0 Å². The van der Waals surface area contributed by atoms with Crippen molar-refractivity contribution in [2.75, 3.05) is 0 Å². The monoisotopic (exact) mass is 490 g/mol. The zero-order valence-electron chi connectivity index (χ0n) is 20.4. The van der Waals surface area contributed by atoms with E-state index in [1.807, 2.05) is 24.5 Å². The highest BCUT2D eigenvalue weighted by molar-refractivity contribution is 7.20. The second kappa shape index (κ2) is 10.2. The minimum Gasteiger partial charge on any atom is -0.264 e. The fraction of sp³-hybridized carbons (Fsp3) is 0. The van der Waals surface area contributed by atoms with Crippen LogP contribution in [0.25, 0.3) is 22.3 Å². The van der Waals surface area contributed by atoms with Gasteiger partial charge in [0.15, 0.2) is 0 Å². The van der Waals surface area contributed by atoms with Gasteiger partial charge >= 0.3 is 0 Å². The van der Waals surface area contributed by atoms with E-state index in [1.54, 1.807) is 0 Å². The first-order valence-electron chi connectivity index (χ1n) is 12.5. The Bertz CT molecular complexity index is 1480. The van der Waals surface area contributed by atoms with E-state index in [9.17, 15) is 0 Å². The third-order valence-corrected chi connectivity index (χ3v) is 11.5. The molecule has 6 aromatic rings. The van der Waals surface area contributed by atoms with Gasteiger partial charge in [-0.1, -0.05) is 133 Å². The van der Waals surface area contributed by atoms with Crippen molar-refractivity contribution in [3.05, 3.63) is 158 Å². The van der Waals surface area contributed by atoms with Crippen molar-refractivity contribution in [3.8, 4) is 22.3 Å². The Kier molecular flexibility index (Phi) is 6.28. The summed E-state index contributed by atoms with van der Waals surface area (Å²) in [7, 11) is -2.98. The summed E-state index contributed by atoms with van der Waals surface area (Å²) in [5.41, 5.74) is 4.61. The largest absolute Gasteiger partial charge is 0.264 e. The van der Waals surface area contributed by atoms with Crippen LogP contribution in [-0.2, 0) is 0 Å². The molecule has 0 aliphatic heterocycles. The van der Waals surface area contributed by atoms with Crippen molar-refractivity contribution in [3.63, 3.8) is 0 Å². The van der Waals surface area contributed by atoms with Crippen molar-refractivity contribution in [2.45, 2.75) is 0 Å². The van der Waals surface area contributed by atoms with E-state index in [0.717, 1.165) is 32.9 Å². The molecule has 0 amide bonds. The van der Waals surface area contributed by atoms with Crippen LogP contribution in [0.5, 0.6) is 0 Å². The van der Waals surface area contributed by atoms with Crippen molar-refractivity contribution in [2.24, 2.45) is 0 Å². The lowest BCUT2D eigenvalue weighted by molar-refractivity contribution is 1.34. The molecule has 2 aromatic heterocycles. The van der Waals surface area contributed by atoms with E-state index in [2.05, 4.69) is 133 Å². The van der Waals surface area contributed by atoms with Crippen LogP contribution in [0.3, 0.4) is 0 Å². The molecule has 0 saturated carbocycles. The Morgan fingerprint density at radius 1 is 0.351 bits per heavy atom. The van der Waals surface area contributed by atoms with Gasteiger partial charge in [0.1, 0.15) is 0 Å². The molecule has 0 atom stereocenters. The molecule has 6 rings (SSSR count). The summed E-state index contributed by atoms with van der Waals surface area (Å²) in [5.74, 6) is 0. The van der Waals surface area contributed by atoms with E-state index in [0.29, 0.717) is 0 Å². The molecule has 0 unspecified atom stereocenters. The summed E-state index contributed by atoms with van der Waals surface area (Å²) >= 11 is 0. The Hall–Kier alpha value is -4.60. The minimum atomic E-state index is -2.98. The van der Waals surface area contributed by atoms with Gasteiger partial charge < -0.3 is 0 Å². The molecular weight excluding hydrogens is 464 g/mol. The van der Waals surface area contributed by atoms with Crippen LogP contribution < -0.4 is 21.0 Å². The molecule has 0 N–H and O–H groups in total. The lowest BCUT2D eigenvalue weighted by atomic mass is 10.1. The molecule has 0 bridgehead atoms. The first-order valence-corrected chi connectivity index (χ1v) is 14.5. The minimum absolute atomic E-state index is 1.09.